The molecule has 0 aliphatic carbocycles. The van der Waals surface area contributed by atoms with E-state index in [0.717, 1.165) is 4.90 Å². The molecule has 1 aliphatic heterocycles. The number of nitrogens with one attached hydrogen (secondary N) is 1. The lowest BCUT2D eigenvalue weighted by molar-refractivity contribution is -0.138. The number of nitrogens with zero attached hydrogens (tertiary/aromatic N) is 2. The smallest absolute Gasteiger partial charge is 0.325 e. The molecule has 2 N–H and O–H groups in total. The van der Waals surface area contributed by atoms with Gasteiger partial charge in [0.05, 0.1) is 6.42 Å². The van der Waals surface area contributed by atoms with Crippen LogP contribution in [0.2, 0.25) is 0 Å². The Kier molecular flexibility index (Phi) is 5.28. The van der Waals surface area contributed by atoms with Crippen molar-refractivity contribution in [3.63, 3.8) is 0 Å². The lowest BCUT2D eigenvalue weighted by atomic mass is 10.1. The predicted octanol–water partition coefficient (Wildman–Crippen LogP) is 0.0301. The number of urea groups is 1. The van der Waals surface area contributed by atoms with E-state index in [4.69, 9.17) is 5.11 Å². The van der Waals surface area contributed by atoms with E-state index < -0.39 is 17.5 Å². The van der Waals surface area contributed by atoms with Crippen LogP contribution in [0.3, 0.4) is 0 Å². The van der Waals surface area contributed by atoms with Crippen LogP contribution >= 0.6 is 0 Å². The fraction of sp³-hybridized carbons (Fsp3) is 0.692. The first-order chi connectivity index (χ1) is 9.69. The first-order valence-corrected chi connectivity index (χ1v) is 6.82. The molecule has 1 heterocycles. The molecule has 0 radical (unpaired) electrons. The van der Waals surface area contributed by atoms with Gasteiger partial charge in [0.1, 0.15) is 5.54 Å². The minimum Gasteiger partial charge on any atom is -0.481 e. The number of carbonyl (C=O) groups excluding carboxylic acids is 3. The van der Waals surface area contributed by atoms with Crippen molar-refractivity contribution in [1.82, 2.24) is 15.1 Å². The van der Waals surface area contributed by atoms with Crippen LogP contribution in [0, 0.1) is 0 Å². The molecule has 4 amide bonds. The zero-order valence-electron chi connectivity index (χ0n) is 12.5. The number of amides is 4. The molecule has 1 fully saturated rings. The van der Waals surface area contributed by atoms with Crippen LogP contribution < -0.4 is 5.32 Å². The normalized spacial score (nSPS) is 16.8. The maximum absolute atomic E-state index is 12.0. The molecule has 8 heteroatoms. The Morgan fingerprint density at radius 1 is 1.29 bits per heavy atom. The Morgan fingerprint density at radius 2 is 1.90 bits per heavy atom. The van der Waals surface area contributed by atoms with E-state index in [0.29, 0.717) is 6.54 Å². The van der Waals surface area contributed by atoms with Gasteiger partial charge in [0.15, 0.2) is 0 Å². The summed E-state index contributed by atoms with van der Waals surface area (Å²) in [4.78, 5) is 48.5. The molecule has 0 unspecified atom stereocenters. The van der Waals surface area contributed by atoms with Crippen LogP contribution in [0.5, 0.6) is 0 Å². The van der Waals surface area contributed by atoms with E-state index in [9.17, 15) is 19.2 Å². The van der Waals surface area contributed by atoms with Crippen LogP contribution in [-0.2, 0) is 14.4 Å². The fourth-order valence-electron chi connectivity index (χ4n) is 2.08. The highest BCUT2D eigenvalue weighted by molar-refractivity contribution is 6.06. The molecule has 0 saturated carbocycles. The van der Waals surface area contributed by atoms with Crippen molar-refractivity contribution >= 4 is 23.8 Å². The van der Waals surface area contributed by atoms with Crippen LogP contribution in [0.4, 0.5) is 4.79 Å². The predicted molar refractivity (Wildman–Crippen MR) is 73.4 cm³/mol. The number of carbonyl (C=O) groups is 4. The average molecular weight is 299 g/mol. The molecule has 0 spiro atoms. The van der Waals surface area contributed by atoms with Crippen LogP contribution in [0.25, 0.3) is 0 Å². The van der Waals surface area contributed by atoms with Crippen molar-refractivity contribution in [1.29, 1.82) is 0 Å². The molecule has 21 heavy (non-hydrogen) atoms. The van der Waals surface area contributed by atoms with Gasteiger partial charge in [-0.25, -0.2) is 4.79 Å². The Labute approximate surface area is 123 Å². The summed E-state index contributed by atoms with van der Waals surface area (Å²) in [7, 11) is 0. The Balaban J connectivity index is 2.54. The standard InChI is InChI=1S/C13H21N3O5/c1-4-15(7-6-10(18)19)9(17)5-8-16-11(20)13(2,3)14-12(16)21/h4-8H2,1-3H3,(H,14,21)(H,18,19). The van der Waals surface area contributed by atoms with Crippen molar-refractivity contribution in [2.75, 3.05) is 19.6 Å². The number of hydrogen-bond donors (Lipinski definition) is 2. The van der Waals surface area contributed by atoms with E-state index >= 15 is 0 Å². The van der Waals surface area contributed by atoms with Gasteiger partial charge in [-0.05, 0) is 20.8 Å². The second-order valence-electron chi connectivity index (χ2n) is 5.38. The molecule has 0 bridgehead atoms. The SMILES string of the molecule is CCN(CCC(=O)O)C(=O)CCN1C(=O)NC(C)(C)C1=O. The molecule has 0 atom stereocenters. The number of rotatable bonds is 7. The van der Waals surface area contributed by atoms with Crippen LogP contribution in [0.15, 0.2) is 0 Å². The lowest BCUT2D eigenvalue weighted by Crippen LogP contribution is -2.41. The second kappa shape index (κ2) is 6.55. The molecule has 1 saturated heterocycles. The molecule has 0 aromatic heterocycles. The zero-order chi connectivity index (χ0) is 16.2. The van der Waals surface area contributed by atoms with Gasteiger partial charge in [0.2, 0.25) is 5.91 Å². The number of carboxylic acid groups (broad SMARTS) is 1. The highest BCUT2D eigenvalue weighted by Gasteiger charge is 2.44. The van der Waals surface area contributed by atoms with Gasteiger partial charge in [-0.3, -0.25) is 19.3 Å². The molecular weight excluding hydrogens is 278 g/mol. The topological polar surface area (TPSA) is 107 Å². The number of aliphatic carboxylic acids is 1. The third-order valence-corrected chi connectivity index (χ3v) is 3.32. The number of imide groups is 1. The van der Waals surface area contributed by atoms with E-state index in [-0.39, 0.29) is 37.7 Å². The first-order valence-electron chi connectivity index (χ1n) is 6.82. The summed E-state index contributed by atoms with van der Waals surface area (Å²) < 4.78 is 0. The third-order valence-electron chi connectivity index (χ3n) is 3.32. The summed E-state index contributed by atoms with van der Waals surface area (Å²) in [6, 6.07) is -0.508. The summed E-state index contributed by atoms with van der Waals surface area (Å²) in [6.07, 6.45) is -0.140. The molecule has 8 nitrogen and oxygen atoms in total. The summed E-state index contributed by atoms with van der Waals surface area (Å²) in [5, 5.41) is 11.2. The van der Waals surface area contributed by atoms with Gasteiger partial charge in [-0.1, -0.05) is 0 Å². The molecule has 0 aromatic carbocycles. The highest BCUT2D eigenvalue weighted by Crippen LogP contribution is 2.16. The van der Waals surface area contributed by atoms with Crippen molar-refractivity contribution in [2.45, 2.75) is 39.2 Å². The van der Waals surface area contributed by atoms with Gasteiger partial charge in [-0.15, -0.1) is 0 Å². The summed E-state index contributed by atoms with van der Waals surface area (Å²) >= 11 is 0. The second-order valence-corrected chi connectivity index (χ2v) is 5.38. The van der Waals surface area contributed by atoms with E-state index in [1.807, 2.05) is 0 Å². The Hall–Kier alpha value is -2.12. The third kappa shape index (κ3) is 4.17. The van der Waals surface area contributed by atoms with Gasteiger partial charge >= 0.3 is 12.0 Å². The number of carboxylic acids is 1. The Morgan fingerprint density at radius 3 is 2.33 bits per heavy atom. The molecular formula is C13H21N3O5. The fourth-order valence-corrected chi connectivity index (χ4v) is 2.08. The zero-order valence-corrected chi connectivity index (χ0v) is 12.5. The Bertz CT molecular complexity index is 461. The summed E-state index contributed by atoms with van der Waals surface area (Å²) in [5.74, 6) is -1.62. The van der Waals surface area contributed by atoms with Crippen molar-refractivity contribution < 1.29 is 24.3 Å². The van der Waals surface area contributed by atoms with Crippen molar-refractivity contribution in [2.24, 2.45) is 0 Å². The minimum absolute atomic E-state index is 0.00347. The summed E-state index contributed by atoms with van der Waals surface area (Å²) in [5.41, 5.74) is -0.951. The maximum Gasteiger partial charge on any atom is 0.325 e. The highest BCUT2D eigenvalue weighted by atomic mass is 16.4. The van der Waals surface area contributed by atoms with Gasteiger partial charge in [0, 0.05) is 26.1 Å². The summed E-state index contributed by atoms with van der Waals surface area (Å²) in [6.45, 7) is 5.45. The van der Waals surface area contributed by atoms with Crippen LogP contribution in [-0.4, -0.2) is 63.9 Å². The molecule has 1 aliphatic rings. The van der Waals surface area contributed by atoms with Gasteiger partial charge in [-0.2, -0.15) is 0 Å². The molecule has 1 rings (SSSR count). The number of hydrogen-bond acceptors (Lipinski definition) is 4. The lowest BCUT2D eigenvalue weighted by Gasteiger charge is -2.21. The molecule has 118 valence electrons. The quantitative estimate of drug-likeness (QED) is 0.645. The van der Waals surface area contributed by atoms with Gasteiger partial charge < -0.3 is 15.3 Å². The maximum atomic E-state index is 12.0. The average Bonchev–Trinajstić information content (AvgIpc) is 2.57. The minimum atomic E-state index is -0.975. The monoisotopic (exact) mass is 299 g/mol. The van der Waals surface area contributed by atoms with E-state index in [2.05, 4.69) is 5.32 Å². The molecule has 0 aromatic rings. The van der Waals surface area contributed by atoms with Crippen molar-refractivity contribution in [3.05, 3.63) is 0 Å². The van der Waals surface area contributed by atoms with E-state index in [1.54, 1.807) is 20.8 Å². The first kappa shape index (κ1) is 16.9. The van der Waals surface area contributed by atoms with Gasteiger partial charge in [0.25, 0.3) is 5.91 Å². The van der Waals surface area contributed by atoms with E-state index in [1.165, 1.54) is 4.90 Å². The largest absolute Gasteiger partial charge is 0.481 e. The van der Waals surface area contributed by atoms with Crippen molar-refractivity contribution in [3.8, 4) is 0 Å². The van der Waals surface area contributed by atoms with Crippen LogP contribution in [0.1, 0.15) is 33.6 Å².